The van der Waals surface area contributed by atoms with Gasteiger partial charge in [0.1, 0.15) is 0 Å². The number of carbonyl (C=O) groups excluding carboxylic acids is 1. The van der Waals surface area contributed by atoms with E-state index in [1.165, 1.54) is 16.3 Å². The van der Waals surface area contributed by atoms with Crippen LogP contribution in [0, 0.1) is 11.8 Å². The van der Waals surface area contributed by atoms with Crippen molar-refractivity contribution in [3.05, 3.63) is 10.4 Å². The number of nitrogens with zero attached hydrogens (tertiary/aromatic N) is 5. The maximum atomic E-state index is 13.4. The molecule has 0 spiro atoms. The molecule has 3 heterocycles. The second kappa shape index (κ2) is 9.44. The van der Waals surface area contributed by atoms with Crippen LogP contribution in [0.5, 0.6) is 0 Å². The summed E-state index contributed by atoms with van der Waals surface area (Å²) in [7, 11) is 1.55. The normalized spacial score (nSPS) is 19.2. The van der Waals surface area contributed by atoms with E-state index in [2.05, 4.69) is 22.1 Å². The SMILES string of the molecule is CC#CCN1c2c(nc(SC(C)(C)C)n(C)c2=O)N(OC(=O)C(F)(F)F)C1N1CCNCC1. The summed E-state index contributed by atoms with van der Waals surface area (Å²) in [5, 5.41) is 4.27. The second-order valence-corrected chi connectivity index (χ2v) is 10.3. The molecule has 2 aliphatic rings. The summed E-state index contributed by atoms with van der Waals surface area (Å²) in [6, 6.07) is 0. The number of rotatable bonds is 4. The average Bonchev–Trinajstić information content (AvgIpc) is 3.02. The van der Waals surface area contributed by atoms with Crippen LogP contribution in [-0.2, 0) is 16.7 Å². The van der Waals surface area contributed by atoms with Gasteiger partial charge in [-0.15, -0.1) is 11.0 Å². The Hall–Kier alpha value is -2.43. The Morgan fingerprint density at radius 1 is 1.27 bits per heavy atom. The number of fused-ring (bicyclic) bond motifs is 1. The summed E-state index contributed by atoms with van der Waals surface area (Å²) < 4.78 is 40.4. The molecule has 1 unspecified atom stereocenters. The van der Waals surface area contributed by atoms with E-state index in [0.717, 1.165) is 5.06 Å². The van der Waals surface area contributed by atoms with Gasteiger partial charge in [0.15, 0.2) is 23.0 Å². The van der Waals surface area contributed by atoms with Gasteiger partial charge in [-0.2, -0.15) is 13.2 Å². The van der Waals surface area contributed by atoms with Crippen LogP contribution in [-0.4, -0.2) is 70.4 Å². The van der Waals surface area contributed by atoms with Crippen LogP contribution in [0.2, 0.25) is 0 Å². The lowest BCUT2D eigenvalue weighted by molar-refractivity contribution is -0.203. The summed E-state index contributed by atoms with van der Waals surface area (Å²) in [6.45, 7) is 9.51. The first-order valence-corrected chi connectivity index (χ1v) is 11.2. The highest BCUT2D eigenvalue weighted by Crippen LogP contribution is 2.40. The van der Waals surface area contributed by atoms with E-state index >= 15 is 0 Å². The summed E-state index contributed by atoms with van der Waals surface area (Å²) in [6.07, 6.45) is -6.21. The zero-order valence-electron chi connectivity index (χ0n) is 19.1. The highest BCUT2D eigenvalue weighted by atomic mass is 32.2. The topological polar surface area (TPSA) is 82.9 Å². The highest BCUT2D eigenvalue weighted by Gasteiger charge is 2.50. The third-order valence-corrected chi connectivity index (χ3v) is 6.07. The molecule has 0 aliphatic carbocycles. The maximum absolute atomic E-state index is 13.4. The van der Waals surface area contributed by atoms with E-state index in [1.54, 1.807) is 18.9 Å². The lowest BCUT2D eigenvalue weighted by Gasteiger charge is -2.40. The van der Waals surface area contributed by atoms with Crippen LogP contribution in [0.15, 0.2) is 9.95 Å². The molecule has 1 fully saturated rings. The molecular weight excluding hydrogens is 461 g/mol. The first-order chi connectivity index (χ1) is 15.3. The van der Waals surface area contributed by atoms with Crippen molar-refractivity contribution in [3.8, 4) is 11.8 Å². The largest absolute Gasteiger partial charge is 0.493 e. The van der Waals surface area contributed by atoms with Crippen molar-refractivity contribution in [3.63, 3.8) is 0 Å². The number of alkyl halides is 3. The van der Waals surface area contributed by atoms with Gasteiger partial charge in [0.2, 0.25) is 0 Å². The monoisotopic (exact) mass is 488 g/mol. The molecule has 182 valence electrons. The van der Waals surface area contributed by atoms with E-state index in [-0.39, 0.29) is 22.8 Å². The van der Waals surface area contributed by atoms with Crippen molar-refractivity contribution in [1.82, 2.24) is 19.8 Å². The lowest BCUT2D eigenvalue weighted by atomic mass is 10.3. The summed E-state index contributed by atoms with van der Waals surface area (Å²) in [5.74, 6) is 3.09. The van der Waals surface area contributed by atoms with Crippen LogP contribution < -0.4 is 20.8 Å². The maximum Gasteiger partial charge on any atom is 0.493 e. The van der Waals surface area contributed by atoms with Crippen molar-refractivity contribution < 1.29 is 22.8 Å². The number of piperazine rings is 1. The Kier molecular flexibility index (Phi) is 7.21. The Bertz CT molecular complexity index is 1020. The molecule has 1 saturated heterocycles. The number of halogens is 3. The number of hydroxylamine groups is 1. The van der Waals surface area contributed by atoms with Gasteiger partial charge in [-0.1, -0.05) is 38.5 Å². The van der Waals surface area contributed by atoms with E-state index in [1.807, 2.05) is 25.7 Å². The van der Waals surface area contributed by atoms with Gasteiger partial charge in [0, 0.05) is 38.0 Å². The molecule has 0 radical (unpaired) electrons. The second-order valence-electron chi connectivity index (χ2n) is 8.53. The summed E-state index contributed by atoms with van der Waals surface area (Å²) in [5.41, 5.74) is -0.424. The fourth-order valence-corrected chi connectivity index (χ4v) is 4.40. The quantitative estimate of drug-likeness (QED) is 0.385. The van der Waals surface area contributed by atoms with Crippen LogP contribution in [0.1, 0.15) is 27.7 Å². The molecule has 1 N–H and O–H groups in total. The van der Waals surface area contributed by atoms with Gasteiger partial charge < -0.3 is 15.1 Å². The van der Waals surface area contributed by atoms with Gasteiger partial charge in [-0.05, 0) is 6.92 Å². The molecule has 2 aliphatic heterocycles. The minimum Gasteiger partial charge on any atom is -0.327 e. The Labute approximate surface area is 194 Å². The number of hydrogen-bond acceptors (Lipinski definition) is 9. The summed E-state index contributed by atoms with van der Waals surface area (Å²) in [4.78, 5) is 38.0. The van der Waals surface area contributed by atoms with Crippen molar-refractivity contribution in [2.45, 2.75) is 50.1 Å². The van der Waals surface area contributed by atoms with E-state index < -0.39 is 24.0 Å². The van der Waals surface area contributed by atoms with Crippen LogP contribution in [0.25, 0.3) is 0 Å². The summed E-state index contributed by atoms with van der Waals surface area (Å²) >= 11 is 1.28. The molecule has 1 aromatic rings. The zero-order chi connectivity index (χ0) is 24.6. The minimum atomic E-state index is -5.21. The van der Waals surface area contributed by atoms with Crippen LogP contribution in [0.4, 0.5) is 24.7 Å². The van der Waals surface area contributed by atoms with Crippen molar-refractivity contribution in [2.75, 3.05) is 42.7 Å². The van der Waals surface area contributed by atoms with Crippen molar-refractivity contribution in [1.29, 1.82) is 0 Å². The first kappa shape index (κ1) is 25.2. The smallest absolute Gasteiger partial charge is 0.327 e. The van der Waals surface area contributed by atoms with Crippen LogP contribution in [0.3, 0.4) is 0 Å². The Balaban J connectivity index is 2.19. The highest BCUT2D eigenvalue weighted by molar-refractivity contribution is 8.00. The number of aromatic nitrogens is 2. The van der Waals surface area contributed by atoms with Gasteiger partial charge in [0.05, 0.1) is 6.54 Å². The minimum absolute atomic E-state index is 0.0389. The molecule has 0 bridgehead atoms. The fraction of sp³-hybridized carbons (Fsp3) is 0.650. The molecule has 13 heteroatoms. The Morgan fingerprint density at radius 3 is 2.45 bits per heavy atom. The molecular formula is C20H27F3N6O3S. The lowest BCUT2D eigenvalue weighted by Crippen LogP contribution is -2.61. The van der Waals surface area contributed by atoms with Crippen molar-refractivity contribution >= 4 is 29.2 Å². The molecule has 9 nitrogen and oxygen atoms in total. The predicted molar refractivity (Wildman–Crippen MR) is 119 cm³/mol. The molecule has 1 atom stereocenters. The number of hydrogen-bond donors (Lipinski definition) is 1. The van der Waals surface area contributed by atoms with E-state index in [0.29, 0.717) is 31.3 Å². The molecule has 0 amide bonds. The standard InChI is InChI=1S/C20H27F3N6O3S/c1-6-7-10-28-13-14(25-17(26(5)15(13)30)33-19(2,3)4)29(32-16(31)20(21,22)23)18(28)27-11-8-24-9-12-27/h18,24H,8-12H2,1-5H3. The zero-order valence-corrected chi connectivity index (χ0v) is 19.9. The van der Waals surface area contributed by atoms with Crippen LogP contribution >= 0.6 is 11.8 Å². The molecule has 3 rings (SSSR count). The van der Waals surface area contributed by atoms with Gasteiger partial charge in [-0.3, -0.25) is 14.3 Å². The van der Waals surface area contributed by atoms with Gasteiger partial charge in [0.25, 0.3) is 5.56 Å². The van der Waals surface area contributed by atoms with Crippen molar-refractivity contribution in [2.24, 2.45) is 7.05 Å². The third kappa shape index (κ3) is 5.39. The average molecular weight is 489 g/mol. The fourth-order valence-electron chi connectivity index (χ4n) is 3.50. The molecule has 33 heavy (non-hydrogen) atoms. The van der Waals surface area contributed by atoms with E-state index in [4.69, 9.17) is 4.84 Å². The van der Waals surface area contributed by atoms with Gasteiger partial charge >= 0.3 is 12.1 Å². The van der Waals surface area contributed by atoms with Gasteiger partial charge in [-0.25, -0.2) is 9.78 Å². The third-order valence-electron chi connectivity index (χ3n) is 4.91. The molecule has 1 aromatic heterocycles. The van der Waals surface area contributed by atoms with E-state index in [9.17, 15) is 22.8 Å². The molecule has 0 aromatic carbocycles. The number of thioether (sulfide) groups is 1. The predicted octanol–water partition coefficient (Wildman–Crippen LogP) is 1.53. The number of nitrogens with one attached hydrogen (secondary N) is 1. The number of carbonyl (C=O) groups is 1. The molecule has 0 saturated carbocycles. The first-order valence-electron chi connectivity index (χ1n) is 10.3. The Morgan fingerprint density at radius 2 is 1.91 bits per heavy atom. The number of anilines is 2.